The average Bonchev–Trinajstić information content (AvgIpc) is 2.78. The monoisotopic (exact) mass is 452 g/mol. The van der Waals surface area contributed by atoms with E-state index in [0.29, 0.717) is 30.6 Å². The lowest BCUT2D eigenvalue weighted by Crippen LogP contribution is -2.33. The van der Waals surface area contributed by atoms with Crippen LogP contribution in [0, 0.1) is 5.82 Å². The fraction of sp³-hybridized carbons (Fsp3) is 0.296. The molecular weight excluding hydrogens is 423 g/mol. The van der Waals surface area contributed by atoms with E-state index < -0.39 is 5.82 Å². The van der Waals surface area contributed by atoms with Crippen LogP contribution in [0.4, 0.5) is 10.1 Å². The molecule has 3 rings (SSSR count). The normalized spacial score (nSPS) is 11.3. The minimum Gasteiger partial charge on any atom is -0.387 e. The summed E-state index contributed by atoms with van der Waals surface area (Å²) in [6.07, 6.45) is 0.375. The molecule has 0 aromatic heterocycles. The second-order valence-corrected chi connectivity index (χ2v) is 9.34. The van der Waals surface area contributed by atoms with Gasteiger partial charge in [-0.2, -0.15) is 0 Å². The Morgan fingerprint density at radius 1 is 1.00 bits per heavy atom. The molecule has 1 amide bonds. The van der Waals surface area contributed by atoms with Crippen LogP contribution in [0.5, 0.6) is 0 Å². The highest BCUT2D eigenvalue weighted by molar-refractivity contribution is 6.30. The molecule has 3 aromatic carbocycles. The van der Waals surface area contributed by atoms with E-state index in [1.165, 1.54) is 11.6 Å². The predicted molar refractivity (Wildman–Crippen MR) is 131 cm³/mol. The van der Waals surface area contributed by atoms with Crippen LogP contribution in [0.25, 0.3) is 0 Å². The van der Waals surface area contributed by atoms with E-state index in [0.717, 1.165) is 11.3 Å². The molecule has 0 saturated heterocycles. The Balaban J connectivity index is 1.88. The highest BCUT2D eigenvalue weighted by Crippen LogP contribution is 2.24. The predicted octanol–water partition coefficient (Wildman–Crippen LogP) is 6.70. The van der Waals surface area contributed by atoms with Crippen LogP contribution in [0.2, 0.25) is 5.02 Å². The van der Waals surface area contributed by atoms with Crippen LogP contribution in [-0.2, 0) is 18.4 Å². The summed E-state index contributed by atoms with van der Waals surface area (Å²) in [5.41, 5.74) is 4.18. The van der Waals surface area contributed by atoms with E-state index in [4.69, 9.17) is 11.6 Å². The number of amides is 1. The van der Waals surface area contributed by atoms with Crippen molar-refractivity contribution in [2.75, 3.05) is 18.9 Å². The molecule has 0 saturated carbocycles. The molecule has 1 N–H and O–H groups in total. The second-order valence-electron chi connectivity index (χ2n) is 8.93. The van der Waals surface area contributed by atoms with Crippen LogP contribution in [-0.4, -0.2) is 24.4 Å². The zero-order valence-corrected chi connectivity index (χ0v) is 19.8. The molecule has 5 heteroatoms. The van der Waals surface area contributed by atoms with E-state index in [2.05, 4.69) is 50.4 Å². The molecule has 0 aliphatic heterocycles. The van der Waals surface area contributed by atoms with E-state index in [9.17, 15) is 9.18 Å². The fourth-order valence-electron chi connectivity index (χ4n) is 3.64. The van der Waals surface area contributed by atoms with Crippen molar-refractivity contribution in [2.45, 2.75) is 39.2 Å². The van der Waals surface area contributed by atoms with Crippen molar-refractivity contribution in [1.82, 2.24) is 4.90 Å². The zero-order valence-electron chi connectivity index (χ0n) is 19.1. The molecule has 3 nitrogen and oxygen atoms in total. The smallest absolute Gasteiger partial charge is 0.256 e. The second kappa shape index (κ2) is 10.2. The number of nitrogens with zero attached hydrogens (tertiary/aromatic N) is 1. The number of hydrogen-bond donors (Lipinski definition) is 1. The van der Waals surface area contributed by atoms with Gasteiger partial charge in [0.2, 0.25) is 0 Å². The SMILES string of the molecule is CNc1ccccc1C(=O)N(CCc1cccc(Cl)c1F)Cc1ccc(C(C)(C)C)cc1. The maximum Gasteiger partial charge on any atom is 0.256 e. The van der Waals surface area contributed by atoms with Gasteiger partial charge in [0.1, 0.15) is 5.82 Å². The molecule has 168 valence electrons. The van der Waals surface area contributed by atoms with Crippen molar-refractivity contribution in [2.24, 2.45) is 0 Å². The minimum absolute atomic E-state index is 0.0594. The van der Waals surface area contributed by atoms with Crippen molar-refractivity contribution in [3.63, 3.8) is 0 Å². The zero-order chi connectivity index (χ0) is 23.3. The lowest BCUT2D eigenvalue weighted by molar-refractivity contribution is 0.0745. The third-order valence-corrected chi connectivity index (χ3v) is 5.88. The number of halogens is 2. The van der Waals surface area contributed by atoms with Crippen molar-refractivity contribution in [1.29, 1.82) is 0 Å². The number of benzene rings is 3. The van der Waals surface area contributed by atoms with Gasteiger partial charge in [-0.3, -0.25) is 4.79 Å². The molecule has 0 bridgehead atoms. The average molecular weight is 453 g/mol. The van der Waals surface area contributed by atoms with Crippen LogP contribution < -0.4 is 5.32 Å². The fourth-order valence-corrected chi connectivity index (χ4v) is 3.83. The van der Waals surface area contributed by atoms with Gasteiger partial charge in [0.05, 0.1) is 10.6 Å². The van der Waals surface area contributed by atoms with Gasteiger partial charge in [-0.15, -0.1) is 0 Å². The first-order chi connectivity index (χ1) is 15.2. The molecule has 0 aliphatic rings. The number of para-hydroxylation sites is 1. The molecule has 0 heterocycles. The minimum atomic E-state index is -0.424. The standard InChI is InChI=1S/C27H30ClFN2O/c1-27(2,3)21-14-12-19(13-15-21)18-31(17-16-20-8-7-10-23(28)25(20)29)26(32)22-9-5-6-11-24(22)30-4/h5-15,30H,16-18H2,1-4H3. The first-order valence-corrected chi connectivity index (χ1v) is 11.2. The lowest BCUT2D eigenvalue weighted by Gasteiger charge is -2.25. The van der Waals surface area contributed by atoms with Crippen molar-refractivity contribution in [3.8, 4) is 0 Å². The van der Waals surface area contributed by atoms with Crippen LogP contribution in [0.3, 0.4) is 0 Å². The number of hydrogen-bond acceptors (Lipinski definition) is 2. The Kier molecular flexibility index (Phi) is 7.57. The van der Waals surface area contributed by atoms with Gasteiger partial charge in [0, 0.05) is 25.8 Å². The molecule has 0 fully saturated rings. The Hall–Kier alpha value is -2.85. The molecule has 0 unspecified atom stereocenters. The Bertz CT molecular complexity index is 1070. The number of anilines is 1. The van der Waals surface area contributed by atoms with Gasteiger partial charge in [0.25, 0.3) is 5.91 Å². The molecule has 0 spiro atoms. The topological polar surface area (TPSA) is 32.3 Å². The van der Waals surface area contributed by atoms with Crippen molar-refractivity contribution in [3.05, 3.63) is 99.8 Å². The van der Waals surface area contributed by atoms with E-state index >= 15 is 0 Å². The summed E-state index contributed by atoms with van der Waals surface area (Å²) in [5.74, 6) is -0.524. The van der Waals surface area contributed by atoms with Crippen molar-refractivity contribution < 1.29 is 9.18 Å². The van der Waals surface area contributed by atoms with E-state index in [1.807, 2.05) is 24.3 Å². The first kappa shape index (κ1) is 23.8. The first-order valence-electron chi connectivity index (χ1n) is 10.8. The van der Waals surface area contributed by atoms with Gasteiger partial charge in [-0.05, 0) is 46.7 Å². The summed E-state index contributed by atoms with van der Waals surface area (Å²) in [6.45, 7) is 7.32. The molecule has 0 aliphatic carbocycles. The summed E-state index contributed by atoms with van der Waals surface area (Å²) < 4.78 is 14.4. The number of carbonyl (C=O) groups excluding carboxylic acids is 1. The highest BCUT2D eigenvalue weighted by atomic mass is 35.5. The molecule has 32 heavy (non-hydrogen) atoms. The largest absolute Gasteiger partial charge is 0.387 e. The molecule has 0 radical (unpaired) electrons. The van der Waals surface area contributed by atoms with Crippen LogP contribution in [0.1, 0.15) is 47.8 Å². The Morgan fingerprint density at radius 2 is 1.69 bits per heavy atom. The Morgan fingerprint density at radius 3 is 2.34 bits per heavy atom. The maximum absolute atomic E-state index is 14.4. The summed E-state index contributed by atoms with van der Waals surface area (Å²) in [6, 6.07) is 20.7. The lowest BCUT2D eigenvalue weighted by atomic mass is 9.87. The van der Waals surface area contributed by atoms with E-state index in [1.54, 1.807) is 24.1 Å². The third-order valence-electron chi connectivity index (χ3n) is 5.59. The summed E-state index contributed by atoms with van der Waals surface area (Å²) in [4.78, 5) is 15.3. The van der Waals surface area contributed by atoms with Gasteiger partial charge in [-0.1, -0.05) is 80.9 Å². The molecule has 3 aromatic rings. The highest BCUT2D eigenvalue weighted by Gasteiger charge is 2.20. The quantitative estimate of drug-likeness (QED) is 0.432. The van der Waals surface area contributed by atoms with Gasteiger partial charge in [-0.25, -0.2) is 4.39 Å². The van der Waals surface area contributed by atoms with Gasteiger partial charge < -0.3 is 10.2 Å². The Labute approximate surface area is 195 Å². The molecular formula is C27H30ClFN2O. The number of nitrogens with one attached hydrogen (secondary N) is 1. The summed E-state index contributed by atoms with van der Waals surface area (Å²) >= 11 is 5.94. The van der Waals surface area contributed by atoms with Crippen LogP contribution >= 0.6 is 11.6 Å². The maximum atomic E-state index is 14.4. The van der Waals surface area contributed by atoms with Crippen LogP contribution in [0.15, 0.2) is 66.7 Å². The summed E-state index contributed by atoms with van der Waals surface area (Å²) in [7, 11) is 1.79. The summed E-state index contributed by atoms with van der Waals surface area (Å²) in [5, 5.41) is 3.18. The van der Waals surface area contributed by atoms with Gasteiger partial charge >= 0.3 is 0 Å². The number of rotatable bonds is 7. The number of carbonyl (C=O) groups is 1. The van der Waals surface area contributed by atoms with Crippen molar-refractivity contribution >= 4 is 23.2 Å². The van der Waals surface area contributed by atoms with Gasteiger partial charge in [0.15, 0.2) is 0 Å². The molecule has 0 atom stereocenters. The third kappa shape index (κ3) is 5.68. The van der Waals surface area contributed by atoms with E-state index in [-0.39, 0.29) is 16.3 Å².